The lowest BCUT2D eigenvalue weighted by molar-refractivity contribution is -0.137. The van der Waals surface area contributed by atoms with E-state index in [1.54, 1.807) is 24.3 Å². The van der Waals surface area contributed by atoms with Crippen molar-refractivity contribution in [1.82, 2.24) is 10.6 Å². The van der Waals surface area contributed by atoms with E-state index in [1.165, 1.54) is 25.7 Å². The maximum atomic E-state index is 10.1. The van der Waals surface area contributed by atoms with E-state index in [0.717, 1.165) is 56.8 Å². The second-order valence-corrected chi connectivity index (χ2v) is 11.1. The summed E-state index contributed by atoms with van der Waals surface area (Å²) in [6.45, 7) is 12.4. The number of halogens is 1. The van der Waals surface area contributed by atoms with Crippen LogP contribution in [0, 0.1) is 0 Å². The number of benzene rings is 2. The van der Waals surface area contributed by atoms with Crippen molar-refractivity contribution in [3.05, 3.63) is 59.7 Å². The standard InChI is InChI=1S/C15H16O2.C9H18O2.C6H18N4.C3H5ClO/c1-15(2,11-3-7-13(16)8-4-11)12-5-9-14(17)10-6-12;1-2-3-4-5-6-7-8-9(10)11;7-1-3-9-5-6-10-4-2-8;4-1-3-2-5-3/h3-10,16-17H,1-2H3;2-8H2,1H3,(H,10,11);9-10H,1-8H2;3H,1-2H2. The summed E-state index contributed by atoms with van der Waals surface area (Å²) in [4.78, 5) is 10.1. The highest BCUT2D eigenvalue weighted by atomic mass is 35.5. The van der Waals surface area contributed by atoms with Gasteiger partial charge in [-0.05, 0) is 41.8 Å². The Bertz CT molecular complexity index is 870. The van der Waals surface area contributed by atoms with Crippen LogP contribution in [-0.4, -0.2) is 79.1 Å². The first-order chi connectivity index (χ1) is 20.6. The Kier molecular flexibility index (Phi) is 24.6. The van der Waals surface area contributed by atoms with E-state index < -0.39 is 5.97 Å². The van der Waals surface area contributed by atoms with Gasteiger partial charge in [-0.2, -0.15) is 0 Å². The van der Waals surface area contributed by atoms with Crippen LogP contribution in [0.3, 0.4) is 0 Å². The summed E-state index contributed by atoms with van der Waals surface area (Å²) in [5.74, 6) is 0.547. The van der Waals surface area contributed by atoms with Crippen LogP contribution in [-0.2, 0) is 14.9 Å². The molecule has 0 radical (unpaired) electrons. The minimum atomic E-state index is -0.666. The van der Waals surface area contributed by atoms with Gasteiger partial charge < -0.3 is 42.2 Å². The monoisotopic (exact) mass is 624 g/mol. The Hall–Kier alpha value is -2.40. The first-order valence-electron chi connectivity index (χ1n) is 15.4. The fourth-order valence-electron chi connectivity index (χ4n) is 3.77. The van der Waals surface area contributed by atoms with E-state index >= 15 is 0 Å². The second kappa shape index (κ2) is 26.0. The smallest absolute Gasteiger partial charge is 0.303 e. The number of aliphatic carboxylic acids is 1. The van der Waals surface area contributed by atoms with Crippen LogP contribution in [0.5, 0.6) is 11.5 Å². The summed E-state index contributed by atoms with van der Waals surface area (Å²) in [6, 6.07) is 14.4. The van der Waals surface area contributed by atoms with Crippen molar-refractivity contribution >= 4 is 17.6 Å². The Morgan fingerprint density at radius 1 is 0.837 bits per heavy atom. The highest BCUT2D eigenvalue weighted by Gasteiger charge is 2.22. The molecule has 1 unspecified atom stereocenters. The van der Waals surface area contributed by atoms with E-state index in [2.05, 4.69) is 31.4 Å². The Morgan fingerprint density at radius 2 is 1.26 bits per heavy atom. The number of hydrogen-bond acceptors (Lipinski definition) is 8. The number of unbranched alkanes of at least 4 members (excludes halogenated alkanes) is 5. The molecule has 1 saturated heterocycles. The van der Waals surface area contributed by atoms with Gasteiger partial charge in [-0.15, -0.1) is 11.6 Å². The topological polar surface area (TPSA) is 166 Å². The number of nitrogens with one attached hydrogen (secondary N) is 2. The number of epoxide rings is 1. The molecule has 0 aliphatic carbocycles. The molecule has 1 heterocycles. The van der Waals surface area contributed by atoms with Gasteiger partial charge in [0.1, 0.15) is 11.5 Å². The summed E-state index contributed by atoms with van der Waals surface area (Å²) < 4.78 is 4.73. The summed E-state index contributed by atoms with van der Waals surface area (Å²) in [6.07, 6.45) is 7.65. The number of carboxylic acids is 1. The number of alkyl halides is 1. The zero-order valence-corrected chi connectivity index (χ0v) is 27.2. The molecule has 1 aliphatic rings. The van der Waals surface area contributed by atoms with Crippen LogP contribution in [0.15, 0.2) is 48.5 Å². The molecule has 1 fully saturated rings. The summed E-state index contributed by atoms with van der Waals surface area (Å²) >= 11 is 5.27. The van der Waals surface area contributed by atoms with Gasteiger partial charge in [0, 0.05) is 51.1 Å². The van der Waals surface area contributed by atoms with Crippen molar-refractivity contribution in [3.8, 4) is 11.5 Å². The zero-order valence-electron chi connectivity index (χ0n) is 26.5. The number of carbonyl (C=O) groups is 1. The maximum Gasteiger partial charge on any atom is 0.303 e. The number of nitrogens with two attached hydrogens (primary N) is 2. The van der Waals surface area contributed by atoms with Gasteiger partial charge in [0.25, 0.3) is 0 Å². The number of phenolic OH excluding ortho intramolecular Hbond substituents is 2. The van der Waals surface area contributed by atoms with E-state index in [1.807, 2.05) is 24.3 Å². The van der Waals surface area contributed by atoms with Crippen molar-refractivity contribution in [2.45, 2.75) is 77.2 Å². The SMILES string of the molecule is CC(C)(c1ccc(O)cc1)c1ccc(O)cc1.CCCCCCCCC(=O)O.ClCC1CO1.NCCNCCNCCN. The molecule has 43 heavy (non-hydrogen) atoms. The lowest BCUT2D eigenvalue weighted by Crippen LogP contribution is -2.32. The Labute approximate surface area is 264 Å². The minimum absolute atomic E-state index is 0.151. The highest BCUT2D eigenvalue weighted by Crippen LogP contribution is 2.32. The molecule has 9 N–H and O–H groups in total. The number of ether oxygens (including phenoxy) is 1. The van der Waals surface area contributed by atoms with Crippen LogP contribution < -0.4 is 22.1 Å². The van der Waals surface area contributed by atoms with Gasteiger partial charge in [-0.1, -0.05) is 77.1 Å². The number of aromatic hydroxyl groups is 2. The summed E-state index contributed by atoms with van der Waals surface area (Å²) in [5.41, 5.74) is 12.6. The molecule has 1 aliphatic heterocycles. The Morgan fingerprint density at radius 3 is 1.58 bits per heavy atom. The van der Waals surface area contributed by atoms with Gasteiger partial charge in [-0.25, -0.2) is 0 Å². The largest absolute Gasteiger partial charge is 0.508 e. The van der Waals surface area contributed by atoms with Crippen molar-refractivity contribution in [2.24, 2.45) is 11.5 Å². The molecule has 3 rings (SSSR count). The minimum Gasteiger partial charge on any atom is -0.508 e. The number of carboxylic acid groups (broad SMARTS) is 1. The van der Waals surface area contributed by atoms with E-state index in [9.17, 15) is 15.0 Å². The average Bonchev–Trinajstić information content (AvgIpc) is 3.83. The van der Waals surface area contributed by atoms with Crippen LogP contribution in [0.25, 0.3) is 0 Å². The highest BCUT2D eigenvalue weighted by molar-refractivity contribution is 6.18. The lowest BCUT2D eigenvalue weighted by atomic mass is 9.78. The predicted molar refractivity (Wildman–Crippen MR) is 178 cm³/mol. The third-order valence-electron chi connectivity index (χ3n) is 6.62. The third kappa shape index (κ3) is 22.8. The normalized spacial score (nSPS) is 13.4. The third-order valence-corrected chi connectivity index (χ3v) is 6.96. The van der Waals surface area contributed by atoms with Crippen LogP contribution >= 0.6 is 11.6 Å². The van der Waals surface area contributed by atoms with Crippen molar-refractivity contribution in [1.29, 1.82) is 0 Å². The fourth-order valence-corrected chi connectivity index (χ4v) is 3.95. The molecule has 0 amide bonds. The van der Waals surface area contributed by atoms with Gasteiger partial charge in [0.15, 0.2) is 0 Å². The molecule has 2 aromatic rings. The van der Waals surface area contributed by atoms with Crippen molar-refractivity contribution in [3.63, 3.8) is 0 Å². The molecular weight excluding hydrogens is 568 g/mol. The number of hydrogen-bond donors (Lipinski definition) is 7. The van der Waals surface area contributed by atoms with Gasteiger partial charge in [0.05, 0.1) is 18.6 Å². The van der Waals surface area contributed by atoms with Crippen molar-refractivity contribution < 1.29 is 24.9 Å². The molecule has 0 bridgehead atoms. The molecule has 246 valence electrons. The molecular formula is C33H57ClN4O5. The van der Waals surface area contributed by atoms with Crippen LogP contribution in [0.4, 0.5) is 0 Å². The first-order valence-corrected chi connectivity index (χ1v) is 16.0. The molecule has 0 aromatic heterocycles. The van der Waals surface area contributed by atoms with Gasteiger partial charge in [-0.3, -0.25) is 4.79 Å². The van der Waals surface area contributed by atoms with Gasteiger partial charge in [0.2, 0.25) is 0 Å². The summed E-state index contributed by atoms with van der Waals surface area (Å²) in [7, 11) is 0. The first kappa shape index (κ1) is 40.6. The van der Waals surface area contributed by atoms with Crippen LogP contribution in [0.2, 0.25) is 0 Å². The summed E-state index contributed by atoms with van der Waals surface area (Å²) in [5, 5.41) is 33.2. The average molecular weight is 625 g/mol. The molecule has 9 nitrogen and oxygen atoms in total. The number of rotatable bonds is 17. The zero-order chi connectivity index (χ0) is 32.3. The number of phenols is 2. The maximum absolute atomic E-state index is 10.1. The lowest BCUT2D eigenvalue weighted by Gasteiger charge is -2.26. The molecule has 10 heteroatoms. The predicted octanol–water partition coefficient (Wildman–Crippen LogP) is 4.95. The van der Waals surface area contributed by atoms with Crippen molar-refractivity contribution in [2.75, 3.05) is 51.8 Å². The van der Waals surface area contributed by atoms with E-state index in [-0.39, 0.29) is 16.9 Å². The Balaban J connectivity index is 0.000000592. The second-order valence-electron chi connectivity index (χ2n) is 10.8. The van der Waals surface area contributed by atoms with E-state index in [0.29, 0.717) is 31.5 Å². The quantitative estimate of drug-likeness (QED) is 0.0732. The van der Waals surface area contributed by atoms with Crippen LogP contribution in [0.1, 0.15) is 76.8 Å². The molecule has 1 atom stereocenters. The molecule has 0 saturated carbocycles. The van der Waals surface area contributed by atoms with Gasteiger partial charge >= 0.3 is 5.97 Å². The molecule has 0 spiro atoms. The molecule has 2 aromatic carbocycles. The van der Waals surface area contributed by atoms with E-state index in [4.69, 9.17) is 32.9 Å². The fraction of sp³-hybridized carbons (Fsp3) is 0.606.